The highest BCUT2D eigenvalue weighted by Crippen LogP contribution is 2.29. The number of halogens is 1. The predicted molar refractivity (Wildman–Crippen MR) is 142 cm³/mol. The summed E-state index contributed by atoms with van der Waals surface area (Å²) in [5.41, 5.74) is 8.00. The quantitative estimate of drug-likeness (QED) is 0.375. The van der Waals surface area contributed by atoms with Gasteiger partial charge in [0.25, 0.3) is 0 Å². The van der Waals surface area contributed by atoms with Gasteiger partial charge in [0.2, 0.25) is 5.91 Å². The van der Waals surface area contributed by atoms with Crippen molar-refractivity contribution < 1.29 is 4.79 Å². The third kappa shape index (κ3) is 4.76. The molecule has 1 N–H and O–H groups in total. The number of anilines is 2. The van der Waals surface area contributed by atoms with Gasteiger partial charge in [0.15, 0.2) is 5.65 Å². The smallest absolute Gasteiger partial charge is 0.227 e. The minimum Gasteiger partial charge on any atom is -0.356 e. The number of rotatable bonds is 4. The van der Waals surface area contributed by atoms with E-state index < -0.39 is 0 Å². The van der Waals surface area contributed by atoms with E-state index in [0.29, 0.717) is 5.02 Å². The Morgan fingerprint density at radius 1 is 0.971 bits per heavy atom. The van der Waals surface area contributed by atoms with Gasteiger partial charge in [-0.25, -0.2) is 4.98 Å². The van der Waals surface area contributed by atoms with E-state index in [9.17, 15) is 4.79 Å². The van der Waals surface area contributed by atoms with Crippen LogP contribution in [0.2, 0.25) is 5.02 Å². The predicted octanol–water partition coefficient (Wildman–Crippen LogP) is 6.14. The number of aryl methyl sites for hydroxylation is 4. The zero-order valence-corrected chi connectivity index (χ0v) is 21.4. The average molecular weight is 488 g/mol. The second kappa shape index (κ2) is 9.34. The molecule has 0 unspecified atom stereocenters. The van der Waals surface area contributed by atoms with Crippen molar-refractivity contribution in [3.63, 3.8) is 0 Å². The maximum Gasteiger partial charge on any atom is 0.227 e. The van der Waals surface area contributed by atoms with Crippen molar-refractivity contribution in [3.8, 4) is 11.3 Å². The molecule has 0 spiro atoms. The van der Waals surface area contributed by atoms with E-state index in [-0.39, 0.29) is 11.8 Å². The lowest BCUT2D eigenvalue weighted by molar-refractivity contribution is -0.120. The first-order valence-electron chi connectivity index (χ1n) is 12.1. The fraction of sp³-hybridized carbons (Fsp3) is 0.321. The summed E-state index contributed by atoms with van der Waals surface area (Å²) in [7, 11) is 0. The molecular weight excluding hydrogens is 458 g/mol. The number of carbonyl (C=O) groups excluding carboxylic acids is 1. The fourth-order valence-electron chi connectivity index (χ4n) is 5.04. The van der Waals surface area contributed by atoms with Crippen LogP contribution in [0.15, 0.2) is 48.5 Å². The molecule has 2 aromatic carbocycles. The number of hydrogen-bond donors (Lipinski definition) is 1. The van der Waals surface area contributed by atoms with Gasteiger partial charge in [-0.15, -0.1) is 0 Å². The highest BCUT2D eigenvalue weighted by Gasteiger charge is 2.27. The number of fused-ring (bicyclic) bond motifs is 1. The van der Waals surface area contributed by atoms with Gasteiger partial charge in [0.05, 0.1) is 5.69 Å². The molecule has 1 amide bonds. The van der Waals surface area contributed by atoms with Crippen LogP contribution < -0.4 is 10.2 Å². The molecule has 180 valence electrons. The Hall–Kier alpha value is -3.38. The third-order valence-electron chi connectivity index (χ3n) is 6.79. The molecule has 1 fully saturated rings. The largest absolute Gasteiger partial charge is 0.356 e. The van der Waals surface area contributed by atoms with Crippen LogP contribution in [0, 0.1) is 33.6 Å². The molecule has 6 nitrogen and oxygen atoms in total. The van der Waals surface area contributed by atoms with Gasteiger partial charge in [0, 0.05) is 53.1 Å². The molecule has 0 atom stereocenters. The number of nitrogens with one attached hydrogen (secondary N) is 1. The van der Waals surface area contributed by atoms with E-state index in [1.807, 2.05) is 41.8 Å². The van der Waals surface area contributed by atoms with Crippen LogP contribution in [0.4, 0.5) is 11.5 Å². The van der Waals surface area contributed by atoms with Gasteiger partial charge in [-0.2, -0.15) is 9.61 Å². The zero-order chi connectivity index (χ0) is 24.7. The summed E-state index contributed by atoms with van der Waals surface area (Å²) >= 11 is 6.05. The van der Waals surface area contributed by atoms with E-state index in [4.69, 9.17) is 21.7 Å². The van der Waals surface area contributed by atoms with Crippen molar-refractivity contribution in [1.82, 2.24) is 14.6 Å². The van der Waals surface area contributed by atoms with Crippen molar-refractivity contribution in [2.75, 3.05) is 23.3 Å². The minimum atomic E-state index is -0.00738. The standard InChI is InChI=1S/C28H30ClN5O/c1-17-13-18(2)27(19(3)14-17)31-28(35)22-9-11-33(12-10-22)26-15-20(4)30-25-16-24(32-34(25)26)21-5-7-23(29)8-6-21/h5-8,13-16,22H,9-12H2,1-4H3,(H,31,35). The van der Waals surface area contributed by atoms with E-state index in [1.54, 1.807) is 0 Å². The monoisotopic (exact) mass is 487 g/mol. The lowest BCUT2D eigenvalue weighted by Crippen LogP contribution is -2.39. The van der Waals surface area contributed by atoms with Gasteiger partial charge in [-0.05, 0) is 63.8 Å². The molecule has 1 aliphatic heterocycles. The highest BCUT2D eigenvalue weighted by atomic mass is 35.5. The van der Waals surface area contributed by atoms with Crippen LogP contribution in [-0.4, -0.2) is 33.6 Å². The van der Waals surface area contributed by atoms with Crippen molar-refractivity contribution in [3.05, 3.63) is 75.9 Å². The number of benzene rings is 2. The molecule has 1 aliphatic rings. The molecule has 7 heteroatoms. The van der Waals surface area contributed by atoms with Crippen LogP contribution in [0.3, 0.4) is 0 Å². The first-order chi connectivity index (χ1) is 16.8. The molecule has 5 rings (SSSR count). The number of hydrogen-bond acceptors (Lipinski definition) is 4. The Kier molecular flexibility index (Phi) is 6.24. The number of piperidine rings is 1. The van der Waals surface area contributed by atoms with E-state index in [1.165, 1.54) is 5.56 Å². The molecule has 2 aromatic heterocycles. The molecule has 1 saturated heterocycles. The highest BCUT2D eigenvalue weighted by molar-refractivity contribution is 6.30. The Morgan fingerprint density at radius 3 is 2.29 bits per heavy atom. The summed E-state index contributed by atoms with van der Waals surface area (Å²) in [5, 5.41) is 8.76. The number of amides is 1. The van der Waals surface area contributed by atoms with Gasteiger partial charge in [-0.3, -0.25) is 4.79 Å². The van der Waals surface area contributed by atoms with Gasteiger partial charge >= 0.3 is 0 Å². The Balaban J connectivity index is 1.33. The Morgan fingerprint density at radius 2 is 1.63 bits per heavy atom. The molecular formula is C28H30ClN5O. The maximum absolute atomic E-state index is 13.1. The van der Waals surface area contributed by atoms with Crippen molar-refractivity contribution in [1.29, 1.82) is 0 Å². The van der Waals surface area contributed by atoms with Crippen molar-refractivity contribution in [2.24, 2.45) is 5.92 Å². The number of carbonyl (C=O) groups is 1. The first-order valence-corrected chi connectivity index (χ1v) is 12.4. The normalized spacial score (nSPS) is 14.5. The Bertz CT molecular complexity index is 1380. The van der Waals surface area contributed by atoms with E-state index in [2.05, 4.69) is 49.2 Å². The SMILES string of the molecule is Cc1cc(C)c(NC(=O)C2CCN(c3cc(C)nc4cc(-c5ccc(Cl)cc5)nn34)CC2)c(C)c1. The van der Waals surface area contributed by atoms with Crippen molar-refractivity contribution >= 4 is 34.7 Å². The summed E-state index contributed by atoms with van der Waals surface area (Å²) < 4.78 is 1.91. The molecule has 35 heavy (non-hydrogen) atoms. The Labute approximate surface area is 210 Å². The van der Waals surface area contributed by atoms with Crippen LogP contribution in [0.1, 0.15) is 35.2 Å². The third-order valence-corrected chi connectivity index (χ3v) is 7.04. The first kappa shape index (κ1) is 23.4. The second-order valence-corrected chi connectivity index (χ2v) is 10.0. The summed E-state index contributed by atoms with van der Waals surface area (Å²) in [6.45, 7) is 9.77. The lowest BCUT2D eigenvalue weighted by Gasteiger charge is -2.33. The minimum absolute atomic E-state index is 0.00738. The summed E-state index contributed by atoms with van der Waals surface area (Å²) in [6, 6.07) is 16.0. The fourth-order valence-corrected chi connectivity index (χ4v) is 5.17. The maximum atomic E-state index is 13.1. The molecule has 0 saturated carbocycles. The molecule has 0 bridgehead atoms. The van der Waals surface area contributed by atoms with E-state index >= 15 is 0 Å². The molecule has 3 heterocycles. The van der Waals surface area contributed by atoms with Crippen LogP contribution in [0.5, 0.6) is 0 Å². The van der Waals surface area contributed by atoms with Gasteiger partial charge < -0.3 is 10.2 Å². The zero-order valence-electron chi connectivity index (χ0n) is 20.6. The summed E-state index contributed by atoms with van der Waals surface area (Å²) in [5.74, 6) is 1.11. The molecule has 4 aromatic rings. The van der Waals surface area contributed by atoms with Crippen LogP contribution >= 0.6 is 11.6 Å². The van der Waals surface area contributed by atoms with Crippen LogP contribution in [-0.2, 0) is 4.79 Å². The molecule has 0 aliphatic carbocycles. The van der Waals surface area contributed by atoms with Crippen molar-refractivity contribution in [2.45, 2.75) is 40.5 Å². The molecule has 0 radical (unpaired) electrons. The number of aromatic nitrogens is 3. The topological polar surface area (TPSA) is 62.5 Å². The lowest BCUT2D eigenvalue weighted by atomic mass is 9.95. The summed E-state index contributed by atoms with van der Waals surface area (Å²) in [6.07, 6.45) is 1.59. The van der Waals surface area contributed by atoms with E-state index in [0.717, 1.165) is 71.2 Å². The van der Waals surface area contributed by atoms with Gasteiger partial charge in [-0.1, -0.05) is 41.4 Å². The second-order valence-electron chi connectivity index (χ2n) is 9.59. The summed E-state index contributed by atoms with van der Waals surface area (Å²) in [4.78, 5) is 20.1. The van der Waals surface area contributed by atoms with Gasteiger partial charge in [0.1, 0.15) is 5.82 Å². The average Bonchev–Trinajstić information content (AvgIpc) is 3.25. The van der Waals surface area contributed by atoms with Crippen LogP contribution in [0.25, 0.3) is 16.9 Å². The number of nitrogens with zero attached hydrogens (tertiary/aromatic N) is 4.